The van der Waals surface area contributed by atoms with Crippen molar-refractivity contribution in [1.29, 1.82) is 0 Å². The average Bonchev–Trinajstić information content (AvgIpc) is 2.30. The van der Waals surface area contributed by atoms with E-state index < -0.39 is 5.92 Å². The Balaban J connectivity index is 2.75. The molecule has 0 aliphatic heterocycles. The molecule has 1 aromatic carbocycles. The van der Waals surface area contributed by atoms with Crippen LogP contribution in [-0.2, 0) is 10.7 Å². The van der Waals surface area contributed by atoms with Gasteiger partial charge in [-0.2, -0.15) is 8.78 Å². The number of carbonyl (C=O) groups excluding carboxylic acids is 1. The van der Waals surface area contributed by atoms with Crippen LogP contribution >= 0.6 is 0 Å². The Morgan fingerprint density at radius 1 is 1.44 bits per heavy atom. The summed E-state index contributed by atoms with van der Waals surface area (Å²) >= 11 is 0. The number of benzene rings is 1. The maximum absolute atomic E-state index is 13.0. The van der Waals surface area contributed by atoms with Crippen LogP contribution in [-0.4, -0.2) is 12.9 Å². The minimum Gasteiger partial charge on any atom is -0.494 e. The molecule has 0 amide bonds. The van der Waals surface area contributed by atoms with Crippen LogP contribution in [0.2, 0.25) is 0 Å². The van der Waals surface area contributed by atoms with Crippen molar-refractivity contribution in [1.82, 2.24) is 0 Å². The summed E-state index contributed by atoms with van der Waals surface area (Å²) < 4.78 is 31.3. The van der Waals surface area contributed by atoms with Gasteiger partial charge in [-0.05, 0) is 18.6 Å². The molecular weight excluding hydrogens is 214 g/mol. The third kappa shape index (κ3) is 3.29. The number of aldehydes is 1. The molecule has 0 saturated heterocycles. The lowest BCUT2D eigenvalue weighted by atomic mass is 10.1. The molecule has 0 aliphatic carbocycles. The molecule has 16 heavy (non-hydrogen) atoms. The van der Waals surface area contributed by atoms with Gasteiger partial charge in [0.2, 0.25) is 0 Å². The van der Waals surface area contributed by atoms with Gasteiger partial charge in [0.05, 0.1) is 6.61 Å². The second kappa shape index (κ2) is 5.58. The van der Waals surface area contributed by atoms with Crippen molar-refractivity contribution in [2.75, 3.05) is 6.61 Å². The van der Waals surface area contributed by atoms with E-state index in [1.165, 1.54) is 18.2 Å². The van der Waals surface area contributed by atoms with Crippen LogP contribution in [0.25, 0.3) is 0 Å². The molecule has 88 valence electrons. The van der Waals surface area contributed by atoms with Gasteiger partial charge < -0.3 is 4.74 Å². The third-order valence-electron chi connectivity index (χ3n) is 2.13. The average molecular weight is 228 g/mol. The molecule has 0 atom stereocenters. The van der Waals surface area contributed by atoms with Gasteiger partial charge in [-0.25, -0.2) is 0 Å². The number of carbonyl (C=O) groups is 1. The van der Waals surface area contributed by atoms with Gasteiger partial charge in [-0.15, -0.1) is 0 Å². The van der Waals surface area contributed by atoms with Gasteiger partial charge in [0.1, 0.15) is 5.75 Å². The number of ether oxygens (including phenoxy) is 1. The van der Waals surface area contributed by atoms with Crippen molar-refractivity contribution in [2.24, 2.45) is 0 Å². The van der Waals surface area contributed by atoms with E-state index in [1.807, 2.05) is 6.92 Å². The number of rotatable bonds is 6. The van der Waals surface area contributed by atoms with E-state index in [4.69, 9.17) is 4.74 Å². The minimum atomic E-state index is -3.44. The highest BCUT2D eigenvalue weighted by molar-refractivity contribution is 5.63. The van der Waals surface area contributed by atoms with Gasteiger partial charge in [-0.1, -0.05) is 25.5 Å². The van der Waals surface area contributed by atoms with Crippen LogP contribution in [0.5, 0.6) is 5.75 Å². The fourth-order valence-corrected chi connectivity index (χ4v) is 1.20. The first kappa shape index (κ1) is 12.6. The summed E-state index contributed by atoms with van der Waals surface area (Å²) in [6.45, 7) is 2.51. The first-order valence-corrected chi connectivity index (χ1v) is 5.17. The minimum absolute atomic E-state index is 0.337. The van der Waals surface area contributed by atoms with Gasteiger partial charge in [-0.3, -0.25) is 4.79 Å². The summed E-state index contributed by atoms with van der Waals surface area (Å²) in [4.78, 5) is 10.2. The summed E-state index contributed by atoms with van der Waals surface area (Å²) in [5, 5.41) is 0. The summed E-state index contributed by atoms with van der Waals surface area (Å²) in [6.07, 6.45) is 1.48. The van der Waals surface area contributed by atoms with Crippen molar-refractivity contribution in [3.05, 3.63) is 29.8 Å². The van der Waals surface area contributed by atoms with Crippen LogP contribution in [0, 0.1) is 0 Å². The Bertz CT molecular complexity index is 351. The maximum atomic E-state index is 13.0. The van der Waals surface area contributed by atoms with Gasteiger partial charge in [0, 0.05) is 5.56 Å². The Morgan fingerprint density at radius 3 is 2.81 bits per heavy atom. The standard InChI is InChI=1S/C12H14F2O2/c1-2-3-7-16-11-6-4-5-10(8-11)12(13,14)9-15/h4-6,8-9H,2-3,7H2,1H3. The summed E-state index contributed by atoms with van der Waals surface area (Å²) in [5.41, 5.74) is -0.337. The Kier molecular flexibility index (Phi) is 4.40. The zero-order chi connectivity index (χ0) is 12.0. The van der Waals surface area contributed by atoms with Crippen LogP contribution in [0.4, 0.5) is 8.78 Å². The predicted octanol–water partition coefficient (Wildman–Crippen LogP) is 3.16. The monoisotopic (exact) mass is 228 g/mol. The molecule has 0 spiro atoms. The quantitative estimate of drug-likeness (QED) is 0.552. The highest BCUT2D eigenvalue weighted by Crippen LogP contribution is 2.28. The molecule has 4 heteroatoms. The smallest absolute Gasteiger partial charge is 0.327 e. The zero-order valence-electron chi connectivity index (χ0n) is 9.08. The fraction of sp³-hybridized carbons (Fsp3) is 0.417. The lowest BCUT2D eigenvalue weighted by Crippen LogP contribution is -2.14. The van der Waals surface area contributed by atoms with Crippen molar-refractivity contribution in [3.63, 3.8) is 0 Å². The van der Waals surface area contributed by atoms with E-state index in [0.29, 0.717) is 12.4 Å². The van der Waals surface area contributed by atoms with Crippen LogP contribution < -0.4 is 4.74 Å². The topological polar surface area (TPSA) is 26.3 Å². The molecule has 1 rings (SSSR count). The SMILES string of the molecule is CCCCOc1cccc(C(F)(F)C=O)c1. The maximum Gasteiger partial charge on any atom is 0.327 e. The molecule has 0 radical (unpaired) electrons. The normalized spacial score (nSPS) is 11.2. The Morgan fingerprint density at radius 2 is 2.19 bits per heavy atom. The number of halogens is 2. The molecule has 1 aromatic rings. The fourth-order valence-electron chi connectivity index (χ4n) is 1.20. The first-order valence-electron chi connectivity index (χ1n) is 5.17. The first-order chi connectivity index (χ1) is 7.60. The predicted molar refractivity (Wildman–Crippen MR) is 56.8 cm³/mol. The number of alkyl halides is 2. The second-order valence-corrected chi connectivity index (χ2v) is 3.47. The van der Waals surface area contributed by atoms with Gasteiger partial charge >= 0.3 is 5.92 Å². The molecule has 0 aromatic heterocycles. The highest BCUT2D eigenvalue weighted by Gasteiger charge is 2.30. The highest BCUT2D eigenvalue weighted by atomic mass is 19.3. The van der Waals surface area contributed by atoms with Gasteiger partial charge in [0.15, 0.2) is 6.29 Å². The van der Waals surface area contributed by atoms with Crippen LogP contribution in [0.3, 0.4) is 0 Å². The molecule has 0 heterocycles. The van der Waals surface area contributed by atoms with E-state index in [-0.39, 0.29) is 11.8 Å². The van der Waals surface area contributed by atoms with E-state index in [9.17, 15) is 13.6 Å². The number of unbranched alkanes of at least 4 members (excludes halogenated alkanes) is 1. The van der Waals surface area contributed by atoms with Gasteiger partial charge in [0.25, 0.3) is 0 Å². The van der Waals surface area contributed by atoms with Crippen molar-refractivity contribution in [2.45, 2.75) is 25.7 Å². The van der Waals surface area contributed by atoms with Crippen molar-refractivity contribution >= 4 is 6.29 Å². The summed E-state index contributed by atoms with van der Waals surface area (Å²) in [6, 6.07) is 5.46. The van der Waals surface area contributed by atoms with E-state index in [1.54, 1.807) is 6.07 Å². The molecule has 0 N–H and O–H groups in total. The number of hydrogen-bond acceptors (Lipinski definition) is 2. The lowest BCUT2D eigenvalue weighted by Gasteiger charge is -2.11. The van der Waals surface area contributed by atoms with Crippen molar-refractivity contribution in [3.8, 4) is 5.75 Å². The van der Waals surface area contributed by atoms with Crippen LogP contribution in [0.15, 0.2) is 24.3 Å². The molecule has 0 aliphatic rings. The summed E-state index contributed by atoms with van der Waals surface area (Å²) in [5.74, 6) is -3.07. The molecular formula is C12H14F2O2. The third-order valence-corrected chi connectivity index (χ3v) is 2.13. The molecule has 2 nitrogen and oxygen atoms in total. The summed E-state index contributed by atoms with van der Waals surface area (Å²) in [7, 11) is 0. The molecule has 0 bridgehead atoms. The zero-order valence-corrected chi connectivity index (χ0v) is 9.08. The largest absolute Gasteiger partial charge is 0.494 e. The Labute approximate surface area is 93.2 Å². The molecule has 0 unspecified atom stereocenters. The van der Waals surface area contributed by atoms with E-state index in [0.717, 1.165) is 12.8 Å². The van der Waals surface area contributed by atoms with Crippen LogP contribution in [0.1, 0.15) is 25.3 Å². The molecule has 0 fully saturated rings. The lowest BCUT2D eigenvalue weighted by molar-refractivity contribution is -0.130. The second-order valence-electron chi connectivity index (χ2n) is 3.47. The van der Waals surface area contributed by atoms with Crippen molar-refractivity contribution < 1.29 is 18.3 Å². The van der Waals surface area contributed by atoms with E-state index >= 15 is 0 Å². The Hall–Kier alpha value is -1.45. The number of hydrogen-bond donors (Lipinski definition) is 0. The molecule has 0 saturated carbocycles. The van der Waals surface area contributed by atoms with E-state index in [2.05, 4.69) is 0 Å².